The second-order valence-corrected chi connectivity index (χ2v) is 25.4. The minimum absolute atomic E-state index is 0.0246. The smallest absolute Gasteiger partial charge is 0.270 e. The molecule has 4 aliphatic rings. The highest BCUT2D eigenvalue weighted by atomic mass is 33.1. The van der Waals surface area contributed by atoms with E-state index < -0.39 is 28.8 Å². The van der Waals surface area contributed by atoms with Gasteiger partial charge in [-0.2, -0.15) is 8.42 Å². The van der Waals surface area contributed by atoms with Crippen molar-refractivity contribution < 1.29 is 55.8 Å². The summed E-state index contributed by atoms with van der Waals surface area (Å²) in [5.41, 5.74) is 6.38. The number of ether oxygens (including phenoxy) is 4. The minimum Gasteiger partial charge on any atom is -0.494 e. The second-order valence-electron chi connectivity index (χ2n) is 18.2. The number of methoxy groups -OCH3 is 1. The molecule has 7 rings (SSSR count). The molecule has 3 amide bonds. The predicted molar refractivity (Wildman–Crippen MR) is 266 cm³/mol. The summed E-state index contributed by atoms with van der Waals surface area (Å²) >= 11 is 0. The van der Waals surface area contributed by atoms with Crippen LogP contribution in [-0.4, -0.2) is 120 Å². The molecule has 3 aromatic carbocycles. The van der Waals surface area contributed by atoms with E-state index in [0.717, 1.165) is 52.9 Å². The van der Waals surface area contributed by atoms with Crippen molar-refractivity contribution in [2.75, 3.05) is 51.9 Å². The SMILES string of the molecule is C=C1C[C@H]2CCc3cc(OCc4cc(COc5cc6c(cc5C)C(=O)N5CC(=C)C[C@H]5C(S(=O)(=O)O)C6)cc(OCCCSSC(C)CCP(=O)(O)CCC(=O)NC)c4)c(OC)cc3C(=O)N2C1. The highest BCUT2D eigenvalue weighted by Gasteiger charge is 2.46. The Labute approximate surface area is 407 Å². The summed E-state index contributed by atoms with van der Waals surface area (Å²) < 4.78 is 73.1. The molecule has 3 unspecified atom stereocenters. The largest absolute Gasteiger partial charge is 0.494 e. The van der Waals surface area contributed by atoms with Crippen molar-refractivity contribution in [3.63, 3.8) is 0 Å². The van der Waals surface area contributed by atoms with Crippen LogP contribution in [0.15, 0.2) is 66.8 Å². The zero-order chi connectivity index (χ0) is 48.9. The lowest BCUT2D eigenvalue weighted by atomic mass is 9.98. The molecule has 0 saturated carbocycles. The van der Waals surface area contributed by atoms with Crippen LogP contribution in [0.5, 0.6) is 23.0 Å². The molecule has 0 bridgehead atoms. The first-order chi connectivity index (χ1) is 32.3. The molecule has 15 nitrogen and oxygen atoms in total. The first kappa shape index (κ1) is 51.4. The van der Waals surface area contributed by atoms with E-state index in [-0.39, 0.29) is 73.9 Å². The molecule has 3 N–H and O–H groups in total. The third-order valence-electron chi connectivity index (χ3n) is 12.9. The predicted octanol–water partition coefficient (Wildman–Crippen LogP) is 7.80. The Morgan fingerprint density at radius 2 is 1.56 bits per heavy atom. The maximum Gasteiger partial charge on any atom is 0.270 e. The van der Waals surface area contributed by atoms with E-state index in [1.807, 2.05) is 43.0 Å². The standard InChI is InChI=1S/C49H62N3O12PS3/c1-30-16-38-9-8-36-22-45(44(61-6)25-41(36)48(54)51(38)26-30)64-29-35-19-34(20-39(21-35)62-12-7-15-66-67-33(4)10-13-65(56,57)14-11-47(53)50-5)28-63-43-23-37-24-46(68(58,59)60)42-17-31(2)27-52(42)49(55)40(37)18-32(43)3/h18-23,25,33,38,42,46H,1-2,7-17,24,26-29H2,3-6H3,(H,50,53)(H,56,57)(H,58,59,60)/t33?,38-,42+,46?/m1/s1. The Balaban J connectivity index is 1.04. The van der Waals surface area contributed by atoms with Crippen molar-refractivity contribution in [1.29, 1.82) is 0 Å². The normalized spacial score (nSPS) is 20.4. The van der Waals surface area contributed by atoms with Crippen LogP contribution in [-0.2, 0) is 45.5 Å². The van der Waals surface area contributed by atoms with Crippen LogP contribution in [0.2, 0.25) is 0 Å². The molecule has 4 heterocycles. The number of hydrogen-bond acceptors (Lipinski definition) is 12. The van der Waals surface area contributed by atoms with E-state index in [0.29, 0.717) is 77.7 Å². The molecule has 2 fully saturated rings. The Kier molecular flexibility index (Phi) is 16.7. The van der Waals surface area contributed by atoms with E-state index in [9.17, 15) is 36.8 Å². The number of rotatable bonds is 21. The van der Waals surface area contributed by atoms with Gasteiger partial charge in [0.2, 0.25) is 13.3 Å². The Hall–Kier alpha value is -4.45. The third kappa shape index (κ3) is 12.7. The van der Waals surface area contributed by atoms with Crippen LogP contribution in [0.4, 0.5) is 0 Å². The summed E-state index contributed by atoms with van der Waals surface area (Å²) in [7, 11) is -1.51. The third-order valence-corrected chi connectivity index (χ3v) is 19.1. The number of aryl methyl sites for hydroxylation is 2. The molecule has 0 aliphatic carbocycles. The molecule has 5 atom stereocenters. The highest BCUT2D eigenvalue weighted by molar-refractivity contribution is 8.76. The average Bonchev–Trinajstić information content (AvgIpc) is 3.82. The molecule has 68 heavy (non-hydrogen) atoms. The van der Waals surface area contributed by atoms with Crippen molar-refractivity contribution >= 4 is 56.8 Å². The zero-order valence-electron chi connectivity index (χ0n) is 39.1. The number of nitrogens with one attached hydrogen (secondary N) is 1. The monoisotopic (exact) mass is 1010 g/mol. The number of amides is 3. The molecule has 4 aliphatic heterocycles. The van der Waals surface area contributed by atoms with E-state index >= 15 is 0 Å². The van der Waals surface area contributed by atoms with Gasteiger partial charge in [0, 0.05) is 67.1 Å². The molecule has 368 valence electrons. The number of benzene rings is 3. The van der Waals surface area contributed by atoms with Crippen molar-refractivity contribution in [2.24, 2.45) is 0 Å². The fourth-order valence-corrected chi connectivity index (χ4v) is 14.5. The number of carbonyl (C=O) groups is 3. The summed E-state index contributed by atoms with van der Waals surface area (Å²) in [6.07, 6.45) is 4.03. The number of fused-ring (bicyclic) bond motifs is 4. The van der Waals surface area contributed by atoms with E-state index in [1.54, 1.807) is 46.9 Å². The van der Waals surface area contributed by atoms with Gasteiger partial charge < -0.3 is 39.0 Å². The van der Waals surface area contributed by atoms with Gasteiger partial charge in [-0.15, -0.1) is 0 Å². The van der Waals surface area contributed by atoms with Crippen LogP contribution in [0.3, 0.4) is 0 Å². The maximum absolute atomic E-state index is 13.8. The van der Waals surface area contributed by atoms with Gasteiger partial charge >= 0.3 is 0 Å². The number of carbonyl (C=O) groups excluding carboxylic acids is 3. The van der Waals surface area contributed by atoms with Crippen molar-refractivity contribution in [1.82, 2.24) is 15.1 Å². The molecule has 2 saturated heterocycles. The lowest BCUT2D eigenvalue weighted by Crippen LogP contribution is -2.44. The van der Waals surface area contributed by atoms with Crippen LogP contribution in [0.25, 0.3) is 0 Å². The highest BCUT2D eigenvalue weighted by Crippen LogP contribution is 2.44. The fraction of sp³-hybridized carbons (Fsp3) is 0.490. The quantitative estimate of drug-likeness (QED) is 0.0307. The first-order valence-corrected chi connectivity index (χ1v) is 28.8. The fourth-order valence-electron chi connectivity index (χ4n) is 9.30. The topological polar surface area (TPSA) is 198 Å². The average molecular weight is 1010 g/mol. The number of hydrogen-bond donors (Lipinski definition) is 3. The Morgan fingerprint density at radius 3 is 2.26 bits per heavy atom. The van der Waals surface area contributed by atoms with Gasteiger partial charge in [0.05, 0.1) is 19.8 Å². The van der Waals surface area contributed by atoms with Crippen molar-refractivity contribution in [3.8, 4) is 23.0 Å². The summed E-state index contributed by atoms with van der Waals surface area (Å²) in [6, 6.07) is 12.2. The van der Waals surface area contributed by atoms with E-state index in [4.69, 9.17) is 18.9 Å². The van der Waals surface area contributed by atoms with Gasteiger partial charge in [-0.1, -0.05) is 52.8 Å². The van der Waals surface area contributed by atoms with Crippen molar-refractivity contribution in [3.05, 3.63) is 106 Å². The van der Waals surface area contributed by atoms with Gasteiger partial charge in [0.25, 0.3) is 21.9 Å². The van der Waals surface area contributed by atoms with Gasteiger partial charge in [0.1, 0.15) is 30.0 Å². The van der Waals surface area contributed by atoms with Gasteiger partial charge in [-0.3, -0.25) is 23.5 Å². The second kappa shape index (κ2) is 22.1. The molecule has 3 aromatic rings. The number of nitrogens with zero attached hydrogens (tertiary/aromatic N) is 2. The van der Waals surface area contributed by atoms with Gasteiger partial charge in [0.15, 0.2) is 11.5 Å². The van der Waals surface area contributed by atoms with E-state index in [1.165, 1.54) is 11.9 Å². The molecule has 19 heteroatoms. The molecular weight excluding hydrogens is 950 g/mol. The van der Waals surface area contributed by atoms with Crippen LogP contribution in [0.1, 0.15) is 94.0 Å². The molecule has 0 radical (unpaired) electrons. The van der Waals surface area contributed by atoms with E-state index in [2.05, 4.69) is 18.5 Å². The summed E-state index contributed by atoms with van der Waals surface area (Å²) in [4.78, 5) is 52.7. The van der Waals surface area contributed by atoms with Gasteiger partial charge in [-0.05, 0) is 122 Å². The van der Waals surface area contributed by atoms with Crippen molar-refractivity contribution in [2.45, 2.75) is 101 Å². The summed E-state index contributed by atoms with van der Waals surface area (Å²) in [6.45, 7) is 13.4. The maximum atomic E-state index is 13.8. The van der Waals surface area contributed by atoms with Gasteiger partial charge in [-0.25, -0.2) is 0 Å². The summed E-state index contributed by atoms with van der Waals surface area (Å²) in [5.74, 6) is 2.20. The first-order valence-electron chi connectivity index (χ1n) is 22.9. The molecular formula is C49H62N3O12PS3. The van der Waals surface area contributed by atoms with Crippen LogP contribution in [0, 0.1) is 6.92 Å². The van der Waals surface area contributed by atoms with Crippen LogP contribution < -0.4 is 24.3 Å². The molecule has 0 aromatic heterocycles. The summed E-state index contributed by atoms with van der Waals surface area (Å²) in [5, 5.41) is 1.41. The molecule has 0 spiro atoms. The lowest BCUT2D eigenvalue weighted by molar-refractivity contribution is -0.120. The Bertz CT molecular complexity index is 2610. The lowest BCUT2D eigenvalue weighted by Gasteiger charge is -2.26. The minimum atomic E-state index is -4.51. The Morgan fingerprint density at radius 1 is 0.897 bits per heavy atom. The van der Waals surface area contributed by atoms with Crippen LogP contribution >= 0.6 is 29.0 Å². The zero-order valence-corrected chi connectivity index (χ0v) is 42.5.